The number of aliphatic hydroxyl groups excluding tert-OH is 2. The van der Waals surface area contributed by atoms with E-state index in [1.54, 1.807) is 30.3 Å². The lowest BCUT2D eigenvalue weighted by Crippen LogP contribution is -2.64. The van der Waals surface area contributed by atoms with Crippen molar-refractivity contribution in [1.82, 2.24) is 19.9 Å². The monoisotopic (exact) mass is 750 g/mol. The van der Waals surface area contributed by atoms with Crippen molar-refractivity contribution in [1.29, 1.82) is 0 Å². The van der Waals surface area contributed by atoms with E-state index in [9.17, 15) is 30.6 Å². The number of ether oxygens (including phenoxy) is 3. The number of carbonyl (C=O) groups is 1. The molecule has 2 aliphatic carbocycles. The summed E-state index contributed by atoms with van der Waals surface area (Å²) < 4.78 is 19.5. The van der Waals surface area contributed by atoms with E-state index >= 15 is 4.79 Å². The first-order valence-corrected chi connectivity index (χ1v) is 18.1. The average Bonchev–Trinajstić information content (AvgIpc) is 3.29. The molecule has 278 valence electrons. The molecular formula is C42H30N4O10. The fourth-order valence-electron chi connectivity index (χ4n) is 9.42. The molecule has 5 aliphatic rings. The maximum absolute atomic E-state index is 15.0. The van der Waals surface area contributed by atoms with Gasteiger partial charge in [0.15, 0.2) is 0 Å². The van der Waals surface area contributed by atoms with Gasteiger partial charge in [-0.3, -0.25) is 4.79 Å². The van der Waals surface area contributed by atoms with Crippen LogP contribution in [0, 0.1) is 11.3 Å². The number of para-hydroxylation sites is 4. The highest BCUT2D eigenvalue weighted by molar-refractivity contribution is 6.00. The number of nitrogens with zero attached hydrogens (tertiary/aromatic N) is 4. The summed E-state index contributed by atoms with van der Waals surface area (Å²) in [5, 5.41) is 67.3. The third-order valence-corrected chi connectivity index (χ3v) is 11.7. The SMILES string of the molecule is O=C1O[C@@H]2Cc3c(O)cc(O)cc3O[C@@H]2C23Cc4nc5ccccc5nc4C(O)=C2c2nc4ccccc4nc2C=C([C@H]2Oc4cc(O)cc(O)c4C[C@H]2O)C13. The molecule has 6 aromatic rings. The molecule has 6 atom stereocenters. The molecule has 56 heavy (non-hydrogen) atoms. The molecule has 5 heterocycles. The summed E-state index contributed by atoms with van der Waals surface area (Å²) in [6.45, 7) is 0. The van der Waals surface area contributed by atoms with Crippen LogP contribution in [0.1, 0.15) is 33.9 Å². The number of benzene rings is 4. The summed E-state index contributed by atoms with van der Waals surface area (Å²) in [6.07, 6.45) is -3.26. The zero-order valence-corrected chi connectivity index (χ0v) is 29.1. The second-order valence-corrected chi connectivity index (χ2v) is 14.9. The predicted octanol–water partition coefficient (Wildman–Crippen LogP) is 4.67. The summed E-state index contributed by atoms with van der Waals surface area (Å²) in [7, 11) is 0. The molecule has 0 radical (unpaired) electrons. The van der Waals surface area contributed by atoms with E-state index in [0.717, 1.165) is 6.07 Å². The second kappa shape index (κ2) is 11.3. The molecule has 0 amide bonds. The number of hydrogen-bond acceptors (Lipinski definition) is 14. The van der Waals surface area contributed by atoms with Gasteiger partial charge in [-0.25, -0.2) is 19.9 Å². The van der Waals surface area contributed by atoms with Crippen molar-refractivity contribution in [3.8, 4) is 34.5 Å². The summed E-state index contributed by atoms with van der Waals surface area (Å²) >= 11 is 0. The van der Waals surface area contributed by atoms with Crippen LogP contribution in [0.15, 0.2) is 78.4 Å². The van der Waals surface area contributed by atoms with Crippen molar-refractivity contribution < 1.29 is 49.6 Å². The minimum absolute atomic E-state index is 0.000404. The van der Waals surface area contributed by atoms with Crippen molar-refractivity contribution in [3.63, 3.8) is 0 Å². The Bertz CT molecular complexity index is 2820. The van der Waals surface area contributed by atoms with Crippen LogP contribution in [0.5, 0.6) is 34.5 Å². The lowest BCUT2D eigenvalue weighted by molar-refractivity contribution is -0.186. The minimum atomic E-state index is -1.62. The van der Waals surface area contributed by atoms with Crippen molar-refractivity contribution in [2.24, 2.45) is 11.3 Å². The highest BCUT2D eigenvalue weighted by Gasteiger charge is 2.67. The average molecular weight is 751 g/mol. The van der Waals surface area contributed by atoms with Crippen molar-refractivity contribution in [2.75, 3.05) is 0 Å². The van der Waals surface area contributed by atoms with Gasteiger partial charge in [0, 0.05) is 60.2 Å². The van der Waals surface area contributed by atoms with Gasteiger partial charge >= 0.3 is 5.97 Å². The summed E-state index contributed by atoms with van der Waals surface area (Å²) in [4.78, 5) is 35.0. The highest BCUT2D eigenvalue weighted by atomic mass is 16.6. The van der Waals surface area contributed by atoms with Crippen LogP contribution < -0.4 is 9.47 Å². The van der Waals surface area contributed by atoms with Gasteiger partial charge in [-0.1, -0.05) is 24.3 Å². The maximum atomic E-state index is 15.0. The van der Waals surface area contributed by atoms with E-state index in [1.807, 2.05) is 24.3 Å². The third kappa shape index (κ3) is 4.44. The molecule has 1 fully saturated rings. The Hall–Kier alpha value is -6.93. The molecule has 6 N–H and O–H groups in total. The van der Waals surface area contributed by atoms with Gasteiger partial charge in [0.05, 0.1) is 56.6 Å². The van der Waals surface area contributed by atoms with Gasteiger partial charge < -0.3 is 44.8 Å². The van der Waals surface area contributed by atoms with Gasteiger partial charge in [-0.05, 0) is 35.9 Å². The van der Waals surface area contributed by atoms with E-state index in [1.165, 1.54) is 18.2 Å². The first kappa shape index (κ1) is 32.5. The quantitative estimate of drug-likeness (QED) is 0.126. The van der Waals surface area contributed by atoms with E-state index in [0.29, 0.717) is 33.3 Å². The van der Waals surface area contributed by atoms with Crippen LogP contribution in [0.2, 0.25) is 0 Å². The Morgan fingerprint density at radius 2 is 1.27 bits per heavy atom. The number of carbonyl (C=O) groups excluding carboxylic acids is 1. The highest BCUT2D eigenvalue weighted by Crippen LogP contribution is 2.63. The number of rotatable bonds is 1. The number of esters is 1. The van der Waals surface area contributed by atoms with E-state index in [2.05, 4.69) is 0 Å². The zero-order chi connectivity index (χ0) is 38.2. The zero-order valence-electron chi connectivity index (χ0n) is 29.1. The number of phenolic OH excluding ortho intramolecular Hbond substituents is 4. The number of phenols is 4. The number of aliphatic hydroxyl groups is 2. The smallest absolute Gasteiger partial charge is 0.314 e. The Labute approximate surface area is 316 Å². The second-order valence-electron chi connectivity index (χ2n) is 14.9. The lowest BCUT2D eigenvalue weighted by atomic mass is 9.55. The molecule has 2 aromatic heterocycles. The van der Waals surface area contributed by atoms with Crippen LogP contribution in [0.25, 0.3) is 39.5 Å². The summed E-state index contributed by atoms with van der Waals surface area (Å²) in [6, 6.07) is 19.4. The molecular weight excluding hydrogens is 720 g/mol. The number of hydrogen-bond donors (Lipinski definition) is 6. The van der Waals surface area contributed by atoms with Crippen LogP contribution in [-0.2, 0) is 28.8 Å². The van der Waals surface area contributed by atoms with Crippen LogP contribution in [0.4, 0.5) is 0 Å². The van der Waals surface area contributed by atoms with Gasteiger partial charge in [-0.15, -0.1) is 0 Å². The van der Waals surface area contributed by atoms with Crippen LogP contribution >= 0.6 is 0 Å². The van der Waals surface area contributed by atoms with E-state index < -0.39 is 41.7 Å². The lowest BCUT2D eigenvalue weighted by Gasteiger charge is -2.55. The van der Waals surface area contributed by atoms with Gasteiger partial charge in [-0.2, -0.15) is 0 Å². The van der Waals surface area contributed by atoms with Gasteiger partial charge in [0.1, 0.15) is 64.3 Å². The number of aromatic hydroxyl groups is 4. The Morgan fingerprint density at radius 3 is 1.95 bits per heavy atom. The molecule has 4 aromatic carbocycles. The molecule has 14 heteroatoms. The normalized spacial score (nSPS) is 25.8. The number of aromatic nitrogens is 4. The van der Waals surface area contributed by atoms with E-state index in [-0.39, 0.29) is 93.3 Å². The summed E-state index contributed by atoms with van der Waals surface area (Å²) in [5.74, 6) is -3.18. The molecule has 11 rings (SSSR count). The molecule has 3 aliphatic heterocycles. The first-order valence-electron chi connectivity index (χ1n) is 18.1. The maximum Gasteiger partial charge on any atom is 0.314 e. The van der Waals surface area contributed by atoms with Gasteiger partial charge in [0.25, 0.3) is 0 Å². The Balaban J connectivity index is 1.24. The molecule has 1 spiro atoms. The minimum Gasteiger partial charge on any atom is -0.508 e. The van der Waals surface area contributed by atoms with Crippen molar-refractivity contribution in [3.05, 3.63) is 112 Å². The van der Waals surface area contributed by atoms with Crippen molar-refractivity contribution in [2.45, 2.75) is 43.7 Å². The fraction of sp³-hybridized carbons (Fsp3) is 0.214. The topological polar surface area (TPSA) is 218 Å². The molecule has 2 unspecified atom stereocenters. The molecule has 0 bridgehead atoms. The van der Waals surface area contributed by atoms with Crippen LogP contribution in [0.3, 0.4) is 0 Å². The summed E-state index contributed by atoms with van der Waals surface area (Å²) in [5.41, 5.74) is 2.50. The van der Waals surface area contributed by atoms with Crippen molar-refractivity contribution >= 4 is 45.4 Å². The Kier molecular flexibility index (Phi) is 6.56. The Morgan fingerprint density at radius 1 is 0.679 bits per heavy atom. The van der Waals surface area contributed by atoms with E-state index in [4.69, 9.17) is 34.1 Å². The molecule has 1 saturated heterocycles. The standard InChI is InChI=1S/C42H30N4O10/c47-17-9-28(49)19-14-30(51)39(54-31(19)11-17)21-13-26-36(45-24-7-3-1-5-22(24)43-26)35-38(52)37-27(44-23-6-2-4-8-25(23)46-37)16-42(35)34(21)41(53)56-33-15-20-29(50)10-18(48)12-32(20)55-40(33)42/h1-13,30,33-34,39-40,47-52H,14-16H2/t30-,33-,34?,39-,40+,42?/m1/s1. The fourth-order valence-corrected chi connectivity index (χ4v) is 9.42. The largest absolute Gasteiger partial charge is 0.508 e. The van der Waals surface area contributed by atoms with Crippen LogP contribution in [-0.4, -0.2) is 81.0 Å². The first-order chi connectivity index (χ1) is 27.1. The molecule has 14 nitrogen and oxygen atoms in total. The predicted molar refractivity (Wildman–Crippen MR) is 198 cm³/mol. The number of fused-ring (bicyclic) bond motifs is 8. The third-order valence-electron chi connectivity index (χ3n) is 11.7. The molecule has 0 saturated carbocycles. The van der Waals surface area contributed by atoms with Gasteiger partial charge in [0.2, 0.25) is 0 Å².